The molecule has 0 saturated heterocycles. The second-order valence-corrected chi connectivity index (χ2v) is 4.74. The molecule has 0 atom stereocenters. The molecule has 6 nitrogen and oxygen atoms in total. The van der Waals surface area contributed by atoms with Gasteiger partial charge < -0.3 is 14.6 Å². The normalized spacial score (nSPS) is 10.4. The maximum atomic E-state index is 13.4. The van der Waals surface area contributed by atoms with E-state index in [1.807, 2.05) is 0 Å². The zero-order chi connectivity index (χ0) is 16.3. The van der Waals surface area contributed by atoms with Gasteiger partial charge in [0, 0.05) is 5.56 Å². The van der Waals surface area contributed by atoms with Crippen LogP contribution in [0.1, 0.15) is 21.6 Å². The Morgan fingerprint density at radius 1 is 1.41 bits per heavy atom. The first-order valence-electron chi connectivity index (χ1n) is 6.15. The van der Waals surface area contributed by atoms with Gasteiger partial charge in [-0.05, 0) is 24.6 Å². The van der Waals surface area contributed by atoms with E-state index in [0.717, 1.165) is 0 Å². The number of aromatic carboxylic acids is 1. The van der Waals surface area contributed by atoms with Crippen molar-refractivity contribution in [1.29, 1.82) is 0 Å². The first kappa shape index (κ1) is 16.0. The maximum Gasteiger partial charge on any atom is 0.355 e. The van der Waals surface area contributed by atoms with Crippen LogP contribution < -0.4 is 9.47 Å². The Labute approximate surface area is 130 Å². The Balaban J connectivity index is 2.26. The van der Waals surface area contributed by atoms with E-state index in [2.05, 4.69) is 9.97 Å². The molecule has 0 spiro atoms. The van der Waals surface area contributed by atoms with E-state index in [1.54, 1.807) is 6.07 Å². The van der Waals surface area contributed by atoms with E-state index in [4.69, 9.17) is 26.2 Å². The molecule has 0 fully saturated rings. The molecule has 2 rings (SSSR count). The Hall–Kier alpha value is -2.41. The van der Waals surface area contributed by atoms with Gasteiger partial charge in [-0.25, -0.2) is 9.18 Å². The van der Waals surface area contributed by atoms with Crippen molar-refractivity contribution in [3.05, 3.63) is 45.9 Å². The van der Waals surface area contributed by atoms with Crippen molar-refractivity contribution in [1.82, 2.24) is 9.97 Å². The summed E-state index contributed by atoms with van der Waals surface area (Å²) in [6, 6.07) is 4.11. The van der Waals surface area contributed by atoms with E-state index >= 15 is 0 Å². The SMILES string of the molecule is COc1nc(OCc2ccc(Cl)c(F)c2)c(C)c(C(=O)O)n1. The highest BCUT2D eigenvalue weighted by molar-refractivity contribution is 6.30. The van der Waals surface area contributed by atoms with Crippen LogP contribution >= 0.6 is 11.6 Å². The fourth-order valence-corrected chi connectivity index (χ4v) is 1.82. The van der Waals surface area contributed by atoms with Gasteiger partial charge in [0.2, 0.25) is 5.88 Å². The number of methoxy groups -OCH3 is 1. The minimum atomic E-state index is -1.22. The maximum absolute atomic E-state index is 13.4. The van der Waals surface area contributed by atoms with Gasteiger partial charge in [-0.3, -0.25) is 0 Å². The van der Waals surface area contributed by atoms with E-state index in [0.29, 0.717) is 5.56 Å². The van der Waals surface area contributed by atoms with Crippen LogP contribution in [0.15, 0.2) is 18.2 Å². The number of ether oxygens (including phenoxy) is 2. The lowest BCUT2D eigenvalue weighted by Gasteiger charge is -2.11. The monoisotopic (exact) mass is 326 g/mol. The molecule has 2 aromatic rings. The number of carbonyl (C=O) groups is 1. The molecule has 8 heteroatoms. The fourth-order valence-electron chi connectivity index (χ4n) is 1.70. The van der Waals surface area contributed by atoms with Crippen molar-refractivity contribution in [3.63, 3.8) is 0 Å². The summed E-state index contributed by atoms with van der Waals surface area (Å²) in [7, 11) is 1.31. The van der Waals surface area contributed by atoms with Crippen LogP contribution in [0.2, 0.25) is 5.02 Å². The molecular weight excluding hydrogens is 315 g/mol. The number of aromatic nitrogens is 2. The van der Waals surface area contributed by atoms with Crippen LogP contribution in [0.3, 0.4) is 0 Å². The molecular formula is C14H12ClFN2O4. The Kier molecular flexibility index (Phi) is 4.77. The molecule has 1 heterocycles. The van der Waals surface area contributed by atoms with Gasteiger partial charge in [-0.15, -0.1) is 0 Å². The quantitative estimate of drug-likeness (QED) is 0.909. The second kappa shape index (κ2) is 6.57. The van der Waals surface area contributed by atoms with E-state index in [9.17, 15) is 9.18 Å². The summed E-state index contributed by atoms with van der Waals surface area (Å²) in [5.74, 6) is -1.73. The molecule has 0 aliphatic carbocycles. The summed E-state index contributed by atoms with van der Waals surface area (Å²) in [6.45, 7) is 1.51. The zero-order valence-electron chi connectivity index (χ0n) is 11.8. The minimum absolute atomic E-state index is 0.00580. The predicted molar refractivity (Wildman–Crippen MR) is 76.0 cm³/mol. The zero-order valence-corrected chi connectivity index (χ0v) is 12.5. The van der Waals surface area contributed by atoms with Crippen LogP contribution in [0.5, 0.6) is 11.9 Å². The van der Waals surface area contributed by atoms with Crippen molar-refractivity contribution in [2.24, 2.45) is 0 Å². The summed E-state index contributed by atoms with van der Waals surface area (Å²) in [5.41, 5.74) is 0.558. The molecule has 0 aliphatic heterocycles. The third-order valence-electron chi connectivity index (χ3n) is 2.83. The number of halogens is 2. The Bertz CT molecular complexity index is 724. The van der Waals surface area contributed by atoms with E-state index in [-0.39, 0.29) is 34.8 Å². The molecule has 0 bridgehead atoms. The number of carboxylic acid groups (broad SMARTS) is 1. The highest BCUT2D eigenvalue weighted by atomic mass is 35.5. The highest BCUT2D eigenvalue weighted by Crippen LogP contribution is 2.23. The lowest BCUT2D eigenvalue weighted by atomic mass is 10.2. The van der Waals surface area contributed by atoms with Crippen LogP contribution in [-0.4, -0.2) is 28.2 Å². The number of benzene rings is 1. The van der Waals surface area contributed by atoms with E-state index < -0.39 is 11.8 Å². The van der Waals surface area contributed by atoms with Gasteiger partial charge in [0.25, 0.3) is 0 Å². The number of carboxylic acids is 1. The average molecular weight is 327 g/mol. The van der Waals surface area contributed by atoms with Gasteiger partial charge in [-0.2, -0.15) is 9.97 Å². The second-order valence-electron chi connectivity index (χ2n) is 4.33. The van der Waals surface area contributed by atoms with Crippen LogP contribution in [0.25, 0.3) is 0 Å². The van der Waals surface area contributed by atoms with Gasteiger partial charge in [0.05, 0.1) is 12.1 Å². The summed E-state index contributed by atoms with van der Waals surface area (Å²) in [5, 5.41) is 9.11. The largest absolute Gasteiger partial charge is 0.476 e. The van der Waals surface area contributed by atoms with E-state index in [1.165, 1.54) is 26.2 Å². The molecule has 1 aromatic carbocycles. The molecule has 116 valence electrons. The first-order chi connectivity index (χ1) is 10.4. The summed E-state index contributed by atoms with van der Waals surface area (Å²) in [6.07, 6.45) is 0. The summed E-state index contributed by atoms with van der Waals surface area (Å²) < 4.78 is 23.7. The van der Waals surface area contributed by atoms with Crippen molar-refractivity contribution < 1.29 is 23.8 Å². The standard InChI is InChI=1S/C14H12ClFN2O4/c1-7-11(13(19)20)17-14(21-2)18-12(7)22-6-8-3-4-9(15)10(16)5-8/h3-5H,6H2,1-2H3,(H,19,20). The summed E-state index contributed by atoms with van der Waals surface area (Å²) >= 11 is 5.60. The molecule has 0 radical (unpaired) electrons. The molecule has 0 aliphatic rings. The molecule has 1 N–H and O–H groups in total. The van der Waals surface area contributed by atoms with Crippen molar-refractivity contribution >= 4 is 17.6 Å². The number of rotatable bonds is 5. The smallest absolute Gasteiger partial charge is 0.355 e. The Morgan fingerprint density at radius 3 is 2.73 bits per heavy atom. The third-order valence-corrected chi connectivity index (χ3v) is 3.13. The topological polar surface area (TPSA) is 81.5 Å². The lowest BCUT2D eigenvalue weighted by Crippen LogP contribution is -2.10. The van der Waals surface area contributed by atoms with Crippen LogP contribution in [-0.2, 0) is 6.61 Å². The van der Waals surface area contributed by atoms with Crippen molar-refractivity contribution in [3.8, 4) is 11.9 Å². The highest BCUT2D eigenvalue weighted by Gasteiger charge is 2.18. The molecule has 0 unspecified atom stereocenters. The lowest BCUT2D eigenvalue weighted by molar-refractivity contribution is 0.0687. The third kappa shape index (κ3) is 3.43. The van der Waals surface area contributed by atoms with Crippen molar-refractivity contribution in [2.45, 2.75) is 13.5 Å². The first-order valence-corrected chi connectivity index (χ1v) is 6.52. The Morgan fingerprint density at radius 2 is 2.14 bits per heavy atom. The van der Waals surface area contributed by atoms with Gasteiger partial charge in [0.1, 0.15) is 12.4 Å². The molecule has 22 heavy (non-hydrogen) atoms. The summed E-state index contributed by atoms with van der Waals surface area (Å²) in [4.78, 5) is 18.8. The predicted octanol–water partition coefficient (Wildman–Crippen LogP) is 2.86. The van der Waals surface area contributed by atoms with Gasteiger partial charge >= 0.3 is 12.0 Å². The molecule has 0 saturated carbocycles. The van der Waals surface area contributed by atoms with Crippen LogP contribution in [0.4, 0.5) is 4.39 Å². The van der Waals surface area contributed by atoms with Crippen molar-refractivity contribution in [2.75, 3.05) is 7.11 Å². The molecule has 1 aromatic heterocycles. The van der Waals surface area contributed by atoms with Gasteiger partial charge in [0.15, 0.2) is 5.69 Å². The number of hydrogen-bond donors (Lipinski definition) is 1. The minimum Gasteiger partial charge on any atom is -0.476 e. The number of nitrogens with zero attached hydrogens (tertiary/aromatic N) is 2. The molecule has 0 amide bonds. The van der Waals surface area contributed by atoms with Crippen LogP contribution in [0, 0.1) is 12.7 Å². The number of hydrogen-bond acceptors (Lipinski definition) is 5. The van der Waals surface area contributed by atoms with Gasteiger partial charge in [-0.1, -0.05) is 17.7 Å². The average Bonchev–Trinajstić information content (AvgIpc) is 2.49. The fraction of sp³-hybridized carbons (Fsp3) is 0.214.